The van der Waals surface area contributed by atoms with Gasteiger partial charge in [-0.3, -0.25) is 9.59 Å². The van der Waals surface area contributed by atoms with Crippen molar-refractivity contribution >= 4 is 34.4 Å². The Morgan fingerprint density at radius 2 is 1.97 bits per heavy atom. The Hall–Kier alpha value is -3.13. The van der Waals surface area contributed by atoms with Crippen molar-refractivity contribution in [2.24, 2.45) is 4.99 Å². The molecule has 0 aromatic heterocycles. The van der Waals surface area contributed by atoms with Crippen molar-refractivity contribution in [3.63, 3.8) is 0 Å². The number of anilines is 1. The van der Waals surface area contributed by atoms with Gasteiger partial charge in [-0.05, 0) is 43.2 Å². The fourth-order valence-electron chi connectivity index (χ4n) is 3.96. The van der Waals surface area contributed by atoms with Crippen LogP contribution >= 0.6 is 11.8 Å². The van der Waals surface area contributed by atoms with E-state index in [0.29, 0.717) is 17.0 Å². The van der Waals surface area contributed by atoms with E-state index in [0.717, 1.165) is 29.4 Å². The summed E-state index contributed by atoms with van der Waals surface area (Å²) in [6.45, 7) is 2.66. The summed E-state index contributed by atoms with van der Waals surface area (Å²) in [5, 5.41) is 3.70. The van der Waals surface area contributed by atoms with Crippen molar-refractivity contribution in [3.05, 3.63) is 76.7 Å². The highest BCUT2D eigenvalue weighted by Gasteiger charge is 2.37. The lowest BCUT2D eigenvalue weighted by Gasteiger charge is -2.41. The first-order chi connectivity index (χ1) is 15.4. The monoisotopic (exact) mass is 452 g/mol. The number of nitrogens with zero attached hydrogens (tertiary/aromatic N) is 3. The molecular formula is C24H25FN4O2S. The van der Waals surface area contributed by atoms with E-state index in [9.17, 15) is 14.0 Å². The van der Waals surface area contributed by atoms with Crippen molar-refractivity contribution in [2.45, 2.75) is 19.4 Å². The summed E-state index contributed by atoms with van der Waals surface area (Å²) in [6, 6.07) is 13.0. The average Bonchev–Trinajstić information content (AvgIpc) is 2.78. The number of fused-ring (bicyclic) bond motifs is 1. The van der Waals surface area contributed by atoms with Gasteiger partial charge in [-0.25, -0.2) is 9.38 Å². The number of amides is 2. The van der Waals surface area contributed by atoms with Crippen molar-refractivity contribution in [2.75, 3.05) is 31.7 Å². The van der Waals surface area contributed by atoms with Crippen molar-refractivity contribution < 1.29 is 14.0 Å². The summed E-state index contributed by atoms with van der Waals surface area (Å²) >= 11 is 1.69. The molecule has 1 saturated heterocycles. The molecule has 166 valence electrons. The molecule has 1 fully saturated rings. The zero-order chi connectivity index (χ0) is 22.8. The Labute approximate surface area is 191 Å². The highest BCUT2D eigenvalue weighted by Crippen LogP contribution is 2.40. The zero-order valence-electron chi connectivity index (χ0n) is 18.3. The number of thioether (sulfide) groups is 1. The van der Waals surface area contributed by atoms with E-state index < -0.39 is 11.7 Å². The summed E-state index contributed by atoms with van der Waals surface area (Å²) in [7, 11) is 3.46. The third-order valence-corrected chi connectivity index (χ3v) is 6.55. The Bertz CT molecular complexity index is 1130. The molecular weight excluding hydrogens is 427 g/mol. The van der Waals surface area contributed by atoms with Gasteiger partial charge in [-0.15, -0.1) is 0 Å². The summed E-state index contributed by atoms with van der Waals surface area (Å²) in [6.07, 6.45) is 0.992. The molecule has 2 heterocycles. The van der Waals surface area contributed by atoms with Crippen molar-refractivity contribution in [3.8, 4) is 0 Å². The number of amidine groups is 1. The van der Waals surface area contributed by atoms with Crippen LogP contribution in [0.3, 0.4) is 0 Å². The quantitative estimate of drug-likeness (QED) is 0.752. The minimum atomic E-state index is -0.572. The molecule has 2 aliphatic heterocycles. The minimum Gasteiger partial charge on any atom is -0.345 e. The van der Waals surface area contributed by atoms with E-state index in [4.69, 9.17) is 4.99 Å². The molecule has 8 heteroatoms. The van der Waals surface area contributed by atoms with Crippen LogP contribution in [0.2, 0.25) is 0 Å². The SMILES string of the molecule is CC1=C(C(=O)N(C)C)C(c2cccc(NC(=O)c3ccccc3F)c2)N2CCCSC2=N1. The molecule has 0 aliphatic carbocycles. The Balaban J connectivity index is 1.71. The van der Waals surface area contributed by atoms with Crippen LogP contribution in [0.15, 0.2) is 64.8 Å². The molecule has 32 heavy (non-hydrogen) atoms. The van der Waals surface area contributed by atoms with Gasteiger partial charge < -0.3 is 15.1 Å². The number of carbonyl (C=O) groups excluding carboxylic acids is 2. The van der Waals surface area contributed by atoms with Gasteiger partial charge in [-0.2, -0.15) is 0 Å². The van der Waals surface area contributed by atoms with E-state index in [1.54, 1.807) is 49.0 Å². The van der Waals surface area contributed by atoms with Crippen LogP contribution in [-0.4, -0.2) is 53.2 Å². The highest BCUT2D eigenvalue weighted by molar-refractivity contribution is 8.13. The third-order valence-electron chi connectivity index (χ3n) is 5.47. The average molecular weight is 453 g/mol. The second-order valence-corrected chi connectivity index (χ2v) is 9.01. The normalized spacial score (nSPS) is 18.1. The predicted octanol–water partition coefficient (Wildman–Crippen LogP) is 4.29. The predicted molar refractivity (Wildman–Crippen MR) is 126 cm³/mol. The molecule has 1 unspecified atom stereocenters. The fourth-order valence-corrected chi connectivity index (χ4v) is 4.98. The highest BCUT2D eigenvalue weighted by atomic mass is 32.2. The van der Waals surface area contributed by atoms with Gasteiger partial charge >= 0.3 is 0 Å². The maximum absolute atomic E-state index is 14.0. The number of hydrogen-bond donors (Lipinski definition) is 1. The first-order valence-electron chi connectivity index (χ1n) is 10.4. The van der Waals surface area contributed by atoms with Crippen LogP contribution in [0.1, 0.15) is 35.3 Å². The van der Waals surface area contributed by atoms with Gasteiger partial charge in [0.05, 0.1) is 22.9 Å². The maximum Gasteiger partial charge on any atom is 0.258 e. The number of benzene rings is 2. The smallest absolute Gasteiger partial charge is 0.258 e. The van der Waals surface area contributed by atoms with Gasteiger partial charge in [0.2, 0.25) is 0 Å². The Kier molecular flexibility index (Phi) is 6.32. The third kappa shape index (κ3) is 4.27. The molecule has 0 spiro atoms. The second kappa shape index (κ2) is 9.16. The van der Waals surface area contributed by atoms with Crippen LogP contribution in [0, 0.1) is 5.82 Å². The van der Waals surface area contributed by atoms with Gasteiger partial charge in [0.25, 0.3) is 11.8 Å². The number of likely N-dealkylation sites (N-methyl/N-ethyl adjacent to an activating group) is 1. The molecule has 4 rings (SSSR count). The zero-order valence-corrected chi connectivity index (χ0v) is 19.1. The molecule has 0 saturated carbocycles. The summed E-state index contributed by atoms with van der Waals surface area (Å²) in [5.41, 5.74) is 2.72. The molecule has 0 radical (unpaired) electrons. The summed E-state index contributed by atoms with van der Waals surface area (Å²) in [5.74, 6) is -0.190. The number of rotatable bonds is 4. The number of carbonyl (C=O) groups is 2. The molecule has 2 aromatic carbocycles. The standard InChI is InChI=1S/C24H25FN4O2S/c1-15-20(23(31)28(2)3)21(29-12-7-13-32-24(29)26-15)16-8-6-9-17(14-16)27-22(30)18-10-4-5-11-19(18)25/h4-6,8-11,14,21H,7,12-13H2,1-3H3,(H,27,30). The molecule has 2 aromatic rings. The topological polar surface area (TPSA) is 65.0 Å². The van der Waals surface area contributed by atoms with Crippen LogP contribution in [0.4, 0.5) is 10.1 Å². The molecule has 2 amide bonds. The molecule has 1 atom stereocenters. The number of allylic oxidation sites excluding steroid dienone is 1. The lowest BCUT2D eigenvalue weighted by Crippen LogP contribution is -2.43. The van der Waals surface area contributed by atoms with Crippen LogP contribution in [0.5, 0.6) is 0 Å². The van der Waals surface area contributed by atoms with E-state index in [-0.39, 0.29) is 17.5 Å². The Morgan fingerprint density at radius 3 is 2.72 bits per heavy atom. The molecule has 1 N–H and O–H groups in total. The number of aliphatic imine (C=N–C) groups is 1. The molecule has 6 nitrogen and oxygen atoms in total. The van der Waals surface area contributed by atoms with E-state index in [1.165, 1.54) is 12.1 Å². The Morgan fingerprint density at radius 1 is 1.19 bits per heavy atom. The van der Waals surface area contributed by atoms with Crippen LogP contribution in [0.25, 0.3) is 0 Å². The van der Waals surface area contributed by atoms with E-state index in [2.05, 4.69) is 10.2 Å². The van der Waals surface area contributed by atoms with Crippen molar-refractivity contribution in [1.82, 2.24) is 9.80 Å². The first kappa shape index (κ1) is 22.1. The van der Waals surface area contributed by atoms with Gasteiger partial charge in [0.1, 0.15) is 5.82 Å². The lowest BCUT2D eigenvalue weighted by atomic mass is 9.93. The maximum atomic E-state index is 14.0. The van der Waals surface area contributed by atoms with Crippen molar-refractivity contribution in [1.29, 1.82) is 0 Å². The van der Waals surface area contributed by atoms with E-state index in [1.807, 2.05) is 25.1 Å². The van der Waals surface area contributed by atoms with Crippen LogP contribution in [-0.2, 0) is 4.79 Å². The van der Waals surface area contributed by atoms with Crippen LogP contribution < -0.4 is 5.32 Å². The van der Waals surface area contributed by atoms with E-state index >= 15 is 0 Å². The van der Waals surface area contributed by atoms with Gasteiger partial charge in [0, 0.05) is 32.1 Å². The fraction of sp³-hybridized carbons (Fsp3) is 0.292. The number of hydrogen-bond acceptors (Lipinski definition) is 5. The minimum absolute atomic E-state index is 0.0170. The lowest BCUT2D eigenvalue weighted by molar-refractivity contribution is -0.125. The van der Waals surface area contributed by atoms with Gasteiger partial charge in [0.15, 0.2) is 5.17 Å². The molecule has 2 aliphatic rings. The largest absolute Gasteiger partial charge is 0.345 e. The molecule has 0 bridgehead atoms. The first-order valence-corrected chi connectivity index (χ1v) is 11.4. The van der Waals surface area contributed by atoms with Gasteiger partial charge in [-0.1, -0.05) is 36.0 Å². The number of nitrogens with one attached hydrogen (secondary N) is 1. The number of halogens is 1. The summed E-state index contributed by atoms with van der Waals surface area (Å²) < 4.78 is 14.0. The summed E-state index contributed by atoms with van der Waals surface area (Å²) in [4.78, 5) is 34.2. The second-order valence-electron chi connectivity index (χ2n) is 7.95.